The SMILES string of the molecule is COc1ccc(Cl)cc1C(=O)C1=CCCCC1. The summed E-state index contributed by atoms with van der Waals surface area (Å²) in [6, 6.07) is 5.14. The molecule has 3 heteroatoms. The Hall–Kier alpha value is -1.28. The zero-order chi connectivity index (χ0) is 12.3. The third-order valence-electron chi connectivity index (χ3n) is 2.99. The van der Waals surface area contributed by atoms with Crippen LogP contribution in [0.1, 0.15) is 36.0 Å². The largest absolute Gasteiger partial charge is 0.496 e. The van der Waals surface area contributed by atoms with Crippen LogP contribution in [0.4, 0.5) is 0 Å². The molecule has 17 heavy (non-hydrogen) atoms. The zero-order valence-electron chi connectivity index (χ0n) is 9.83. The maximum absolute atomic E-state index is 12.3. The van der Waals surface area contributed by atoms with Crippen LogP contribution in [0.2, 0.25) is 5.02 Å². The van der Waals surface area contributed by atoms with E-state index in [-0.39, 0.29) is 5.78 Å². The molecule has 0 radical (unpaired) electrons. The molecule has 0 unspecified atom stereocenters. The monoisotopic (exact) mass is 250 g/mol. The molecule has 0 spiro atoms. The molecule has 0 atom stereocenters. The van der Waals surface area contributed by atoms with E-state index in [9.17, 15) is 4.79 Å². The van der Waals surface area contributed by atoms with Gasteiger partial charge in [-0.3, -0.25) is 4.79 Å². The predicted molar refractivity (Wildman–Crippen MR) is 68.9 cm³/mol. The Kier molecular flexibility index (Phi) is 3.85. The van der Waals surface area contributed by atoms with E-state index in [4.69, 9.17) is 16.3 Å². The zero-order valence-corrected chi connectivity index (χ0v) is 10.6. The second-order valence-corrected chi connectivity index (χ2v) is 4.59. The van der Waals surface area contributed by atoms with Crippen molar-refractivity contribution in [1.82, 2.24) is 0 Å². The molecule has 2 nitrogen and oxygen atoms in total. The minimum Gasteiger partial charge on any atom is -0.496 e. The molecule has 0 aromatic heterocycles. The second-order valence-electron chi connectivity index (χ2n) is 4.15. The number of carbonyl (C=O) groups excluding carboxylic acids is 1. The van der Waals surface area contributed by atoms with Crippen LogP contribution >= 0.6 is 11.6 Å². The minimum absolute atomic E-state index is 0.0454. The van der Waals surface area contributed by atoms with E-state index in [2.05, 4.69) is 0 Å². The molecule has 0 N–H and O–H groups in total. The first-order valence-electron chi connectivity index (χ1n) is 5.79. The number of halogens is 1. The van der Waals surface area contributed by atoms with Crippen molar-refractivity contribution in [1.29, 1.82) is 0 Å². The van der Waals surface area contributed by atoms with Gasteiger partial charge in [0.1, 0.15) is 5.75 Å². The van der Waals surface area contributed by atoms with Crippen LogP contribution in [0.25, 0.3) is 0 Å². The number of benzene rings is 1. The summed E-state index contributed by atoms with van der Waals surface area (Å²) in [7, 11) is 1.56. The molecule has 0 saturated heterocycles. The molecule has 1 aromatic carbocycles. The second kappa shape index (κ2) is 5.37. The van der Waals surface area contributed by atoms with Gasteiger partial charge in [0.25, 0.3) is 0 Å². The minimum atomic E-state index is 0.0454. The maximum Gasteiger partial charge on any atom is 0.192 e. The standard InChI is InChI=1S/C14H15ClO2/c1-17-13-8-7-11(15)9-12(13)14(16)10-5-3-2-4-6-10/h5,7-9H,2-4,6H2,1H3. The van der Waals surface area contributed by atoms with Gasteiger partial charge in [0, 0.05) is 5.02 Å². The highest BCUT2D eigenvalue weighted by Crippen LogP contribution is 2.28. The van der Waals surface area contributed by atoms with Gasteiger partial charge >= 0.3 is 0 Å². The molecule has 0 aliphatic heterocycles. The smallest absolute Gasteiger partial charge is 0.192 e. The van der Waals surface area contributed by atoms with E-state index in [1.54, 1.807) is 25.3 Å². The molecule has 0 fully saturated rings. The van der Waals surface area contributed by atoms with Gasteiger partial charge in [-0.1, -0.05) is 17.7 Å². The number of hydrogen-bond donors (Lipinski definition) is 0. The Bertz CT molecular complexity index is 463. The first kappa shape index (κ1) is 12.2. The van der Waals surface area contributed by atoms with E-state index in [0.717, 1.165) is 24.8 Å². The Morgan fingerprint density at radius 3 is 2.82 bits per heavy atom. The Balaban J connectivity index is 2.35. The van der Waals surface area contributed by atoms with Crippen molar-refractivity contribution in [3.63, 3.8) is 0 Å². The van der Waals surface area contributed by atoms with Crippen LogP contribution < -0.4 is 4.74 Å². The first-order valence-corrected chi connectivity index (χ1v) is 6.17. The van der Waals surface area contributed by atoms with Gasteiger partial charge < -0.3 is 4.74 Å². The Morgan fingerprint density at radius 2 is 2.18 bits per heavy atom. The fourth-order valence-electron chi connectivity index (χ4n) is 2.07. The summed E-state index contributed by atoms with van der Waals surface area (Å²) >= 11 is 5.93. The van der Waals surface area contributed by atoms with Gasteiger partial charge in [0.15, 0.2) is 5.78 Å². The van der Waals surface area contributed by atoms with Crippen molar-refractivity contribution in [3.8, 4) is 5.75 Å². The van der Waals surface area contributed by atoms with Crippen LogP contribution in [0.3, 0.4) is 0 Å². The van der Waals surface area contributed by atoms with Crippen LogP contribution in [0, 0.1) is 0 Å². The molecule has 1 aromatic rings. The third kappa shape index (κ3) is 2.70. The summed E-state index contributed by atoms with van der Waals surface area (Å²) in [4.78, 5) is 12.3. The Morgan fingerprint density at radius 1 is 1.35 bits per heavy atom. The van der Waals surface area contributed by atoms with Crippen molar-refractivity contribution in [3.05, 3.63) is 40.4 Å². The number of ether oxygens (including phenoxy) is 1. The summed E-state index contributed by atoms with van der Waals surface area (Å²) in [5, 5.41) is 0.561. The van der Waals surface area contributed by atoms with Crippen LogP contribution in [-0.4, -0.2) is 12.9 Å². The van der Waals surface area contributed by atoms with E-state index in [0.29, 0.717) is 16.3 Å². The fourth-order valence-corrected chi connectivity index (χ4v) is 2.25. The summed E-state index contributed by atoms with van der Waals surface area (Å²) in [5.74, 6) is 0.634. The number of allylic oxidation sites excluding steroid dienone is 2. The molecule has 1 aliphatic carbocycles. The molecule has 0 saturated carbocycles. The molecule has 0 bridgehead atoms. The summed E-state index contributed by atoms with van der Waals surface area (Å²) in [6.07, 6.45) is 6.13. The van der Waals surface area contributed by atoms with E-state index in [1.165, 1.54) is 6.42 Å². The van der Waals surface area contributed by atoms with E-state index in [1.807, 2.05) is 6.08 Å². The van der Waals surface area contributed by atoms with Gasteiger partial charge in [-0.2, -0.15) is 0 Å². The van der Waals surface area contributed by atoms with Crippen molar-refractivity contribution in [2.75, 3.05) is 7.11 Å². The van der Waals surface area contributed by atoms with Crippen LogP contribution in [0.5, 0.6) is 5.75 Å². The number of carbonyl (C=O) groups is 1. The van der Waals surface area contributed by atoms with Gasteiger partial charge in [0.05, 0.1) is 12.7 Å². The molecule has 0 amide bonds. The molecule has 90 valence electrons. The molecule has 1 aliphatic rings. The number of Topliss-reactive ketones (excluding diaryl/α,β-unsaturated/α-hetero) is 1. The van der Waals surface area contributed by atoms with Crippen molar-refractivity contribution < 1.29 is 9.53 Å². The van der Waals surface area contributed by atoms with Gasteiger partial charge in [-0.05, 0) is 49.5 Å². The van der Waals surface area contributed by atoms with Crippen molar-refractivity contribution >= 4 is 17.4 Å². The highest BCUT2D eigenvalue weighted by Gasteiger charge is 2.18. The number of rotatable bonds is 3. The fraction of sp³-hybridized carbons (Fsp3) is 0.357. The highest BCUT2D eigenvalue weighted by molar-refractivity contribution is 6.31. The van der Waals surface area contributed by atoms with Gasteiger partial charge in [-0.25, -0.2) is 0 Å². The summed E-state index contributed by atoms with van der Waals surface area (Å²) < 4.78 is 5.21. The number of ketones is 1. The lowest BCUT2D eigenvalue weighted by molar-refractivity contribution is 0.102. The molecular weight excluding hydrogens is 236 g/mol. The average molecular weight is 251 g/mol. The van der Waals surface area contributed by atoms with Gasteiger partial charge in [0.2, 0.25) is 0 Å². The molecule has 2 rings (SSSR count). The van der Waals surface area contributed by atoms with Gasteiger partial charge in [-0.15, -0.1) is 0 Å². The van der Waals surface area contributed by atoms with Crippen molar-refractivity contribution in [2.45, 2.75) is 25.7 Å². The lowest BCUT2D eigenvalue weighted by Crippen LogP contribution is -2.08. The maximum atomic E-state index is 12.3. The molecular formula is C14H15ClO2. The molecule has 0 heterocycles. The summed E-state index contributed by atoms with van der Waals surface area (Å²) in [5.41, 5.74) is 1.45. The Labute approximate surface area is 106 Å². The topological polar surface area (TPSA) is 26.3 Å². The van der Waals surface area contributed by atoms with Crippen LogP contribution in [0.15, 0.2) is 29.8 Å². The third-order valence-corrected chi connectivity index (χ3v) is 3.22. The lowest BCUT2D eigenvalue weighted by Gasteiger charge is -2.13. The lowest BCUT2D eigenvalue weighted by atomic mass is 9.93. The number of hydrogen-bond acceptors (Lipinski definition) is 2. The average Bonchev–Trinajstić information content (AvgIpc) is 2.39. The summed E-state index contributed by atoms with van der Waals surface area (Å²) in [6.45, 7) is 0. The first-order chi connectivity index (χ1) is 8.22. The van der Waals surface area contributed by atoms with Crippen molar-refractivity contribution in [2.24, 2.45) is 0 Å². The van der Waals surface area contributed by atoms with E-state index < -0.39 is 0 Å². The highest BCUT2D eigenvalue weighted by atomic mass is 35.5. The normalized spacial score (nSPS) is 15.3. The number of methoxy groups -OCH3 is 1. The predicted octanol–water partition coefficient (Wildman–Crippen LogP) is 4.03. The van der Waals surface area contributed by atoms with Crippen LogP contribution in [-0.2, 0) is 0 Å². The van der Waals surface area contributed by atoms with E-state index >= 15 is 0 Å². The quantitative estimate of drug-likeness (QED) is 0.757.